The standard InChI is InChI=1S/C12H10FN7O/c13-6-4-16-2-1-8(6)18-12(21)9-5-17-11-7(14)3-10(15)19-20(9)11/h1-5H,14H2,(H2,15,19)(H,16,18,21). The molecule has 0 saturated carbocycles. The molecular weight excluding hydrogens is 277 g/mol. The molecule has 3 aromatic heterocycles. The molecule has 0 fully saturated rings. The van der Waals surface area contributed by atoms with E-state index in [1.54, 1.807) is 0 Å². The molecule has 0 unspecified atom stereocenters. The van der Waals surface area contributed by atoms with Gasteiger partial charge in [-0.05, 0) is 6.07 Å². The van der Waals surface area contributed by atoms with Gasteiger partial charge in [-0.2, -0.15) is 0 Å². The number of nitrogens with zero attached hydrogens (tertiary/aromatic N) is 4. The van der Waals surface area contributed by atoms with Gasteiger partial charge in [0.05, 0.1) is 23.8 Å². The molecule has 0 aliphatic heterocycles. The molecule has 8 nitrogen and oxygen atoms in total. The van der Waals surface area contributed by atoms with E-state index in [2.05, 4.69) is 20.4 Å². The summed E-state index contributed by atoms with van der Waals surface area (Å²) in [6.45, 7) is 0. The number of anilines is 3. The van der Waals surface area contributed by atoms with E-state index in [0.717, 1.165) is 6.20 Å². The predicted molar refractivity (Wildman–Crippen MR) is 74.0 cm³/mol. The maximum Gasteiger partial charge on any atom is 0.276 e. The molecule has 5 N–H and O–H groups in total. The third kappa shape index (κ3) is 2.20. The van der Waals surface area contributed by atoms with Crippen LogP contribution in [0, 0.1) is 5.82 Å². The Morgan fingerprint density at radius 1 is 1.33 bits per heavy atom. The fraction of sp³-hybridized carbons (Fsp3) is 0. The summed E-state index contributed by atoms with van der Waals surface area (Å²) in [6, 6.07) is 2.78. The number of nitrogens with one attached hydrogen (secondary N) is 1. The Hall–Kier alpha value is -3.23. The molecule has 3 rings (SSSR count). The van der Waals surface area contributed by atoms with Crippen LogP contribution >= 0.6 is 0 Å². The van der Waals surface area contributed by atoms with Gasteiger partial charge in [-0.1, -0.05) is 0 Å². The number of pyridine rings is 1. The molecule has 0 radical (unpaired) electrons. The van der Waals surface area contributed by atoms with E-state index in [9.17, 15) is 9.18 Å². The lowest BCUT2D eigenvalue weighted by Gasteiger charge is -2.06. The molecule has 0 atom stereocenters. The van der Waals surface area contributed by atoms with Gasteiger partial charge in [0.2, 0.25) is 0 Å². The van der Waals surface area contributed by atoms with Gasteiger partial charge in [-0.25, -0.2) is 13.9 Å². The van der Waals surface area contributed by atoms with E-state index in [1.165, 1.54) is 29.0 Å². The zero-order valence-electron chi connectivity index (χ0n) is 10.6. The van der Waals surface area contributed by atoms with Crippen LogP contribution in [0.3, 0.4) is 0 Å². The molecule has 106 valence electrons. The van der Waals surface area contributed by atoms with Crippen molar-refractivity contribution in [1.82, 2.24) is 19.6 Å². The van der Waals surface area contributed by atoms with Gasteiger partial charge in [-0.15, -0.1) is 5.10 Å². The molecule has 0 saturated heterocycles. The molecule has 0 bridgehead atoms. The Bertz CT molecular complexity index is 845. The van der Waals surface area contributed by atoms with E-state index >= 15 is 0 Å². The van der Waals surface area contributed by atoms with Crippen LogP contribution < -0.4 is 16.8 Å². The predicted octanol–water partition coefficient (Wildman–Crippen LogP) is 0.680. The van der Waals surface area contributed by atoms with Crippen molar-refractivity contribution < 1.29 is 9.18 Å². The number of amides is 1. The lowest BCUT2D eigenvalue weighted by molar-refractivity contribution is 0.102. The fourth-order valence-corrected chi connectivity index (χ4v) is 1.83. The number of nitrogens with two attached hydrogens (primary N) is 2. The summed E-state index contributed by atoms with van der Waals surface area (Å²) in [5.74, 6) is -1.10. The molecule has 21 heavy (non-hydrogen) atoms. The summed E-state index contributed by atoms with van der Waals surface area (Å²) in [7, 11) is 0. The highest BCUT2D eigenvalue weighted by Crippen LogP contribution is 2.17. The smallest absolute Gasteiger partial charge is 0.276 e. The van der Waals surface area contributed by atoms with E-state index in [0.29, 0.717) is 5.65 Å². The zero-order valence-corrected chi connectivity index (χ0v) is 10.6. The van der Waals surface area contributed by atoms with Gasteiger partial charge in [-0.3, -0.25) is 9.78 Å². The Labute approximate surface area is 117 Å². The fourth-order valence-electron chi connectivity index (χ4n) is 1.83. The van der Waals surface area contributed by atoms with E-state index in [4.69, 9.17) is 11.5 Å². The molecule has 1 amide bonds. The van der Waals surface area contributed by atoms with Crippen molar-refractivity contribution in [3.8, 4) is 0 Å². The number of imidazole rings is 1. The summed E-state index contributed by atoms with van der Waals surface area (Å²) in [5, 5.41) is 6.37. The molecule has 3 aromatic rings. The van der Waals surface area contributed by atoms with Crippen LogP contribution in [0.25, 0.3) is 5.65 Å². The number of rotatable bonds is 2. The van der Waals surface area contributed by atoms with E-state index in [-0.39, 0.29) is 22.9 Å². The summed E-state index contributed by atoms with van der Waals surface area (Å²) < 4.78 is 14.7. The Morgan fingerprint density at radius 3 is 2.90 bits per heavy atom. The number of carbonyl (C=O) groups is 1. The van der Waals surface area contributed by atoms with Gasteiger partial charge in [0.15, 0.2) is 17.2 Å². The molecule has 3 heterocycles. The maximum absolute atomic E-state index is 13.5. The van der Waals surface area contributed by atoms with Crippen molar-refractivity contribution >= 4 is 28.7 Å². The summed E-state index contributed by atoms with van der Waals surface area (Å²) in [4.78, 5) is 19.8. The lowest BCUT2D eigenvalue weighted by atomic mass is 10.3. The van der Waals surface area contributed by atoms with Crippen molar-refractivity contribution in [2.75, 3.05) is 16.8 Å². The van der Waals surface area contributed by atoms with Gasteiger partial charge in [0.25, 0.3) is 5.91 Å². The molecule has 0 aliphatic carbocycles. The average molecular weight is 287 g/mol. The van der Waals surface area contributed by atoms with Gasteiger partial charge < -0.3 is 16.8 Å². The lowest BCUT2D eigenvalue weighted by Crippen LogP contribution is -2.17. The van der Waals surface area contributed by atoms with Crippen LogP contribution in [-0.4, -0.2) is 25.5 Å². The van der Waals surface area contributed by atoms with Gasteiger partial charge in [0.1, 0.15) is 5.82 Å². The van der Waals surface area contributed by atoms with Crippen LogP contribution in [0.5, 0.6) is 0 Å². The topological polar surface area (TPSA) is 124 Å². The Morgan fingerprint density at radius 2 is 2.14 bits per heavy atom. The van der Waals surface area contributed by atoms with Crippen molar-refractivity contribution in [3.63, 3.8) is 0 Å². The van der Waals surface area contributed by atoms with Crippen LogP contribution in [0.15, 0.2) is 30.7 Å². The minimum absolute atomic E-state index is 0.00169. The highest BCUT2D eigenvalue weighted by molar-refractivity contribution is 6.03. The molecular formula is C12H10FN7O. The highest BCUT2D eigenvalue weighted by Gasteiger charge is 2.16. The number of nitrogen functional groups attached to an aromatic ring is 2. The van der Waals surface area contributed by atoms with Crippen molar-refractivity contribution in [1.29, 1.82) is 0 Å². The third-order valence-electron chi connectivity index (χ3n) is 2.77. The average Bonchev–Trinajstić information content (AvgIpc) is 2.85. The van der Waals surface area contributed by atoms with Crippen LogP contribution in [0.1, 0.15) is 10.5 Å². The van der Waals surface area contributed by atoms with Crippen LogP contribution in [-0.2, 0) is 0 Å². The zero-order chi connectivity index (χ0) is 15.0. The monoisotopic (exact) mass is 287 g/mol. The minimum Gasteiger partial charge on any atom is -0.396 e. The molecule has 0 spiro atoms. The van der Waals surface area contributed by atoms with Crippen molar-refractivity contribution in [2.45, 2.75) is 0 Å². The maximum atomic E-state index is 13.5. The van der Waals surface area contributed by atoms with Crippen LogP contribution in [0.4, 0.5) is 21.6 Å². The quantitative estimate of drug-likeness (QED) is 0.636. The van der Waals surface area contributed by atoms with Gasteiger partial charge in [0, 0.05) is 12.3 Å². The third-order valence-corrected chi connectivity index (χ3v) is 2.77. The number of hydrogen-bond donors (Lipinski definition) is 3. The largest absolute Gasteiger partial charge is 0.396 e. The van der Waals surface area contributed by atoms with Crippen molar-refractivity contribution in [3.05, 3.63) is 42.2 Å². The van der Waals surface area contributed by atoms with Crippen LogP contribution in [0.2, 0.25) is 0 Å². The number of carbonyl (C=O) groups excluding carboxylic acids is 1. The highest BCUT2D eigenvalue weighted by atomic mass is 19.1. The Balaban J connectivity index is 2.01. The normalized spacial score (nSPS) is 10.7. The minimum atomic E-state index is -0.647. The van der Waals surface area contributed by atoms with E-state index in [1.807, 2.05) is 0 Å². The number of hydrogen-bond acceptors (Lipinski definition) is 6. The molecule has 0 aliphatic rings. The number of fused-ring (bicyclic) bond motifs is 1. The second-order valence-electron chi connectivity index (χ2n) is 4.21. The van der Waals surface area contributed by atoms with Crippen molar-refractivity contribution in [2.24, 2.45) is 0 Å². The second-order valence-corrected chi connectivity index (χ2v) is 4.21. The first-order valence-corrected chi connectivity index (χ1v) is 5.87. The Kier molecular flexibility index (Phi) is 2.87. The number of aromatic nitrogens is 4. The second kappa shape index (κ2) is 4.71. The molecule has 0 aromatic carbocycles. The summed E-state index contributed by atoms with van der Waals surface area (Å²) >= 11 is 0. The first kappa shape index (κ1) is 12.8. The summed E-state index contributed by atoms with van der Waals surface area (Å²) in [6.07, 6.45) is 3.65. The number of halogens is 1. The molecule has 9 heteroatoms. The first-order valence-electron chi connectivity index (χ1n) is 5.87. The SMILES string of the molecule is Nc1cc(N)c2ncc(C(=O)Nc3ccncc3F)n2n1. The first-order chi connectivity index (χ1) is 10.1. The van der Waals surface area contributed by atoms with Gasteiger partial charge >= 0.3 is 0 Å². The summed E-state index contributed by atoms with van der Waals surface area (Å²) in [5.41, 5.74) is 12.0. The van der Waals surface area contributed by atoms with E-state index < -0.39 is 11.7 Å².